The summed E-state index contributed by atoms with van der Waals surface area (Å²) in [6, 6.07) is 5.98. The van der Waals surface area contributed by atoms with Gasteiger partial charge in [0, 0.05) is 43.7 Å². The standard InChI is InChI=1S/C12H20N2O2/c1-9(8-15-3)14(2)11-5-10(13)6-12(7-11)16-4/h5-7,9H,8,13H2,1-4H3. The molecule has 16 heavy (non-hydrogen) atoms. The van der Waals surface area contributed by atoms with Crippen molar-refractivity contribution in [2.45, 2.75) is 13.0 Å². The van der Waals surface area contributed by atoms with E-state index >= 15 is 0 Å². The highest BCUT2D eigenvalue weighted by Crippen LogP contribution is 2.25. The Hall–Kier alpha value is -1.42. The SMILES string of the molecule is COCC(C)N(C)c1cc(N)cc(OC)c1. The Morgan fingerprint density at radius 3 is 2.56 bits per heavy atom. The summed E-state index contributed by atoms with van der Waals surface area (Å²) in [5, 5.41) is 0. The number of likely N-dealkylation sites (N-methyl/N-ethyl adjacent to an activating group) is 1. The fourth-order valence-electron chi connectivity index (χ4n) is 1.53. The molecule has 1 atom stereocenters. The van der Waals surface area contributed by atoms with Crippen molar-refractivity contribution in [2.75, 3.05) is 38.5 Å². The van der Waals surface area contributed by atoms with Crippen LogP contribution in [0.25, 0.3) is 0 Å². The number of nitrogens with zero attached hydrogens (tertiary/aromatic N) is 1. The highest BCUT2D eigenvalue weighted by atomic mass is 16.5. The number of hydrogen-bond donors (Lipinski definition) is 1. The van der Waals surface area contributed by atoms with Crippen LogP contribution in [0.15, 0.2) is 18.2 Å². The van der Waals surface area contributed by atoms with Crippen molar-refractivity contribution >= 4 is 11.4 Å². The molecule has 1 aromatic rings. The first kappa shape index (κ1) is 12.6. The first-order valence-electron chi connectivity index (χ1n) is 5.24. The molecule has 90 valence electrons. The molecule has 4 nitrogen and oxygen atoms in total. The summed E-state index contributed by atoms with van der Waals surface area (Å²) in [6.45, 7) is 2.77. The van der Waals surface area contributed by atoms with E-state index < -0.39 is 0 Å². The molecule has 0 aliphatic rings. The molecule has 1 unspecified atom stereocenters. The van der Waals surface area contributed by atoms with Gasteiger partial charge in [-0.1, -0.05) is 0 Å². The maximum Gasteiger partial charge on any atom is 0.122 e. The van der Waals surface area contributed by atoms with Crippen molar-refractivity contribution in [1.82, 2.24) is 0 Å². The highest BCUT2D eigenvalue weighted by Gasteiger charge is 2.11. The van der Waals surface area contributed by atoms with Gasteiger partial charge >= 0.3 is 0 Å². The van der Waals surface area contributed by atoms with Crippen LogP contribution in [0.4, 0.5) is 11.4 Å². The maximum absolute atomic E-state index is 5.81. The molecule has 0 fully saturated rings. The van der Waals surface area contributed by atoms with Crippen LogP contribution in [0.3, 0.4) is 0 Å². The van der Waals surface area contributed by atoms with E-state index in [0.717, 1.165) is 11.4 Å². The minimum atomic E-state index is 0.288. The highest BCUT2D eigenvalue weighted by molar-refractivity contribution is 5.60. The zero-order chi connectivity index (χ0) is 12.1. The van der Waals surface area contributed by atoms with Gasteiger partial charge in [0.05, 0.1) is 13.7 Å². The van der Waals surface area contributed by atoms with Gasteiger partial charge in [0.25, 0.3) is 0 Å². The van der Waals surface area contributed by atoms with E-state index in [-0.39, 0.29) is 6.04 Å². The third kappa shape index (κ3) is 3.03. The van der Waals surface area contributed by atoms with Gasteiger partial charge in [-0.25, -0.2) is 0 Å². The van der Waals surface area contributed by atoms with Crippen molar-refractivity contribution in [1.29, 1.82) is 0 Å². The molecule has 0 amide bonds. The van der Waals surface area contributed by atoms with Gasteiger partial charge < -0.3 is 20.1 Å². The third-order valence-electron chi connectivity index (χ3n) is 2.63. The molecule has 0 heterocycles. The molecule has 0 saturated carbocycles. The number of anilines is 2. The average molecular weight is 224 g/mol. The molecule has 1 aromatic carbocycles. The number of methoxy groups -OCH3 is 2. The molecule has 1 rings (SSSR count). The van der Waals surface area contributed by atoms with Crippen LogP contribution < -0.4 is 15.4 Å². The van der Waals surface area contributed by atoms with Gasteiger partial charge in [-0.05, 0) is 13.0 Å². The largest absolute Gasteiger partial charge is 0.497 e. The second-order valence-corrected chi connectivity index (χ2v) is 3.88. The van der Waals surface area contributed by atoms with Gasteiger partial charge in [0.2, 0.25) is 0 Å². The summed E-state index contributed by atoms with van der Waals surface area (Å²) < 4.78 is 10.3. The lowest BCUT2D eigenvalue weighted by molar-refractivity contribution is 0.183. The number of nitrogens with two attached hydrogens (primary N) is 1. The zero-order valence-corrected chi connectivity index (χ0v) is 10.4. The van der Waals surface area contributed by atoms with Gasteiger partial charge in [0.1, 0.15) is 5.75 Å². The van der Waals surface area contributed by atoms with E-state index in [1.807, 2.05) is 19.2 Å². The van der Waals surface area contributed by atoms with Crippen LogP contribution in [0.5, 0.6) is 5.75 Å². The zero-order valence-electron chi connectivity index (χ0n) is 10.4. The summed E-state index contributed by atoms with van der Waals surface area (Å²) >= 11 is 0. The lowest BCUT2D eigenvalue weighted by Crippen LogP contribution is -2.32. The quantitative estimate of drug-likeness (QED) is 0.774. The van der Waals surface area contributed by atoms with E-state index in [0.29, 0.717) is 12.3 Å². The fraction of sp³-hybridized carbons (Fsp3) is 0.500. The van der Waals surface area contributed by atoms with E-state index in [9.17, 15) is 0 Å². The number of nitrogen functional groups attached to an aromatic ring is 1. The summed E-state index contributed by atoms with van der Waals surface area (Å²) in [7, 11) is 5.35. The molecule has 4 heteroatoms. The van der Waals surface area contributed by atoms with Crippen molar-refractivity contribution in [3.05, 3.63) is 18.2 Å². The van der Waals surface area contributed by atoms with Gasteiger partial charge in [-0.3, -0.25) is 0 Å². The molecular weight excluding hydrogens is 204 g/mol. The Kier molecular flexibility index (Phi) is 4.43. The van der Waals surface area contributed by atoms with Crippen LogP contribution >= 0.6 is 0 Å². The van der Waals surface area contributed by atoms with Crippen molar-refractivity contribution in [2.24, 2.45) is 0 Å². The lowest BCUT2D eigenvalue weighted by Gasteiger charge is -2.27. The molecule has 0 radical (unpaired) electrons. The summed E-state index contributed by atoms with van der Waals surface area (Å²) in [5.74, 6) is 0.770. The molecule has 0 spiro atoms. The van der Waals surface area contributed by atoms with Crippen LogP contribution in [0.1, 0.15) is 6.92 Å². The smallest absolute Gasteiger partial charge is 0.122 e. The van der Waals surface area contributed by atoms with E-state index in [1.165, 1.54) is 0 Å². The minimum absolute atomic E-state index is 0.288. The molecule has 0 bridgehead atoms. The first-order chi connectivity index (χ1) is 7.58. The van der Waals surface area contributed by atoms with E-state index in [2.05, 4.69) is 11.8 Å². The predicted octanol–water partition coefficient (Wildman–Crippen LogP) is 1.75. The Balaban J connectivity index is 2.89. The van der Waals surface area contributed by atoms with Crippen LogP contribution in [-0.4, -0.2) is 33.9 Å². The lowest BCUT2D eigenvalue weighted by atomic mass is 10.2. The number of rotatable bonds is 5. The first-order valence-corrected chi connectivity index (χ1v) is 5.24. The maximum atomic E-state index is 5.81. The van der Waals surface area contributed by atoms with Gasteiger partial charge in [0.15, 0.2) is 0 Å². The van der Waals surface area contributed by atoms with Crippen LogP contribution in [0.2, 0.25) is 0 Å². The Bertz CT molecular complexity index is 342. The van der Waals surface area contributed by atoms with Gasteiger partial charge in [-0.2, -0.15) is 0 Å². The van der Waals surface area contributed by atoms with E-state index in [4.69, 9.17) is 15.2 Å². The topological polar surface area (TPSA) is 47.7 Å². The summed E-state index contributed by atoms with van der Waals surface area (Å²) in [4.78, 5) is 2.11. The van der Waals surface area contributed by atoms with E-state index in [1.54, 1.807) is 20.3 Å². The van der Waals surface area contributed by atoms with Gasteiger partial charge in [-0.15, -0.1) is 0 Å². The number of hydrogen-bond acceptors (Lipinski definition) is 4. The molecular formula is C12H20N2O2. The van der Waals surface area contributed by atoms with Crippen LogP contribution in [0, 0.1) is 0 Å². The average Bonchev–Trinajstić information content (AvgIpc) is 2.27. The number of benzene rings is 1. The molecule has 0 aromatic heterocycles. The Morgan fingerprint density at radius 2 is 2.00 bits per heavy atom. The minimum Gasteiger partial charge on any atom is -0.497 e. The molecule has 0 aliphatic carbocycles. The second-order valence-electron chi connectivity index (χ2n) is 3.88. The Morgan fingerprint density at radius 1 is 1.31 bits per heavy atom. The summed E-state index contributed by atoms with van der Waals surface area (Å²) in [5.41, 5.74) is 7.54. The predicted molar refractivity (Wildman–Crippen MR) is 67.1 cm³/mol. The second kappa shape index (κ2) is 5.61. The molecule has 2 N–H and O–H groups in total. The monoisotopic (exact) mass is 224 g/mol. The normalized spacial score (nSPS) is 12.2. The molecule has 0 aliphatic heterocycles. The number of ether oxygens (including phenoxy) is 2. The van der Waals surface area contributed by atoms with Crippen molar-refractivity contribution < 1.29 is 9.47 Å². The fourth-order valence-corrected chi connectivity index (χ4v) is 1.53. The molecule has 0 saturated heterocycles. The Labute approximate surface area is 96.9 Å². The van der Waals surface area contributed by atoms with Crippen molar-refractivity contribution in [3.8, 4) is 5.75 Å². The van der Waals surface area contributed by atoms with Crippen molar-refractivity contribution in [3.63, 3.8) is 0 Å². The third-order valence-corrected chi connectivity index (χ3v) is 2.63. The summed E-state index contributed by atoms with van der Waals surface area (Å²) in [6.07, 6.45) is 0. The van der Waals surface area contributed by atoms with Crippen LogP contribution in [-0.2, 0) is 4.74 Å².